The molecule has 1 fully saturated rings. The van der Waals surface area contributed by atoms with E-state index in [0.29, 0.717) is 32.4 Å². The lowest BCUT2D eigenvalue weighted by Gasteiger charge is -2.34. The van der Waals surface area contributed by atoms with Crippen molar-refractivity contribution in [3.63, 3.8) is 0 Å². The van der Waals surface area contributed by atoms with E-state index in [4.69, 9.17) is 5.14 Å². The van der Waals surface area contributed by atoms with E-state index >= 15 is 0 Å². The highest BCUT2D eigenvalue weighted by molar-refractivity contribution is 7.87. The predicted molar refractivity (Wildman–Crippen MR) is 89.8 cm³/mol. The van der Waals surface area contributed by atoms with Crippen LogP contribution in [0.15, 0.2) is 43.0 Å². The van der Waals surface area contributed by atoms with Gasteiger partial charge in [0.15, 0.2) is 0 Å². The number of nitrogens with two attached hydrogens (primary N) is 1. The maximum absolute atomic E-state index is 12.8. The lowest BCUT2D eigenvalue weighted by Crippen LogP contribution is -2.49. The van der Waals surface area contributed by atoms with Crippen LogP contribution >= 0.6 is 0 Å². The van der Waals surface area contributed by atoms with Crippen LogP contribution in [0.4, 0.5) is 0 Å². The Hall–Kier alpha value is -1.70. The summed E-state index contributed by atoms with van der Waals surface area (Å²) in [5, 5.41) is 4.99. The Morgan fingerprint density at radius 3 is 2.48 bits per heavy atom. The Morgan fingerprint density at radius 1 is 1.35 bits per heavy atom. The van der Waals surface area contributed by atoms with E-state index in [1.165, 1.54) is 0 Å². The van der Waals surface area contributed by atoms with Crippen molar-refractivity contribution in [2.45, 2.75) is 31.2 Å². The van der Waals surface area contributed by atoms with Gasteiger partial charge in [-0.25, -0.2) is 5.14 Å². The SMILES string of the molecule is C=CCC(C(=O)N1CCC(NS(N)(=O)=O)CC1)c1ccccc1. The van der Waals surface area contributed by atoms with Gasteiger partial charge in [-0.3, -0.25) is 4.79 Å². The number of piperidine rings is 1. The van der Waals surface area contributed by atoms with Crippen LogP contribution in [0.3, 0.4) is 0 Å². The third kappa shape index (κ3) is 5.16. The summed E-state index contributed by atoms with van der Waals surface area (Å²) in [5.41, 5.74) is 0.974. The minimum Gasteiger partial charge on any atom is -0.342 e. The molecule has 1 amide bonds. The lowest BCUT2D eigenvalue weighted by atomic mass is 9.93. The van der Waals surface area contributed by atoms with Gasteiger partial charge in [-0.15, -0.1) is 6.58 Å². The van der Waals surface area contributed by atoms with Gasteiger partial charge in [0.1, 0.15) is 0 Å². The number of allylic oxidation sites excluding steroid dienone is 1. The number of hydrogen-bond donors (Lipinski definition) is 2. The van der Waals surface area contributed by atoms with Crippen molar-refractivity contribution in [2.24, 2.45) is 5.14 Å². The number of likely N-dealkylation sites (tertiary alicyclic amines) is 1. The fraction of sp³-hybridized carbons (Fsp3) is 0.438. The Labute approximate surface area is 137 Å². The van der Waals surface area contributed by atoms with Crippen molar-refractivity contribution in [1.82, 2.24) is 9.62 Å². The van der Waals surface area contributed by atoms with Crippen molar-refractivity contribution >= 4 is 16.1 Å². The summed E-state index contributed by atoms with van der Waals surface area (Å²) < 4.78 is 24.5. The first-order valence-corrected chi connectivity index (χ1v) is 9.20. The van der Waals surface area contributed by atoms with E-state index in [1.807, 2.05) is 30.3 Å². The van der Waals surface area contributed by atoms with Crippen molar-refractivity contribution in [1.29, 1.82) is 0 Å². The van der Waals surface area contributed by atoms with Crippen LogP contribution in [0.2, 0.25) is 0 Å². The molecule has 126 valence electrons. The van der Waals surface area contributed by atoms with Crippen molar-refractivity contribution < 1.29 is 13.2 Å². The zero-order valence-corrected chi connectivity index (χ0v) is 13.8. The van der Waals surface area contributed by atoms with Crippen molar-refractivity contribution in [3.8, 4) is 0 Å². The Kier molecular flexibility index (Phi) is 5.92. The number of amides is 1. The summed E-state index contributed by atoms with van der Waals surface area (Å²) in [4.78, 5) is 14.6. The monoisotopic (exact) mass is 337 g/mol. The third-order valence-corrected chi connectivity index (χ3v) is 4.70. The molecular weight excluding hydrogens is 314 g/mol. The molecule has 0 saturated carbocycles. The fourth-order valence-corrected chi connectivity index (χ4v) is 3.60. The molecule has 1 aromatic rings. The normalized spacial score (nSPS) is 17.7. The quantitative estimate of drug-likeness (QED) is 0.762. The second-order valence-electron chi connectivity index (χ2n) is 5.75. The molecule has 0 aromatic heterocycles. The number of benzene rings is 1. The molecule has 1 saturated heterocycles. The number of nitrogens with zero attached hydrogens (tertiary/aromatic N) is 1. The molecule has 1 aromatic carbocycles. The number of hydrogen-bond acceptors (Lipinski definition) is 3. The minimum atomic E-state index is -3.70. The molecule has 23 heavy (non-hydrogen) atoms. The zero-order valence-electron chi connectivity index (χ0n) is 13.0. The highest BCUT2D eigenvalue weighted by Crippen LogP contribution is 2.24. The van der Waals surface area contributed by atoms with E-state index in [9.17, 15) is 13.2 Å². The Bertz CT molecular complexity index is 638. The van der Waals surface area contributed by atoms with Crippen LogP contribution in [0.5, 0.6) is 0 Å². The highest BCUT2D eigenvalue weighted by atomic mass is 32.2. The molecule has 3 N–H and O–H groups in total. The van der Waals surface area contributed by atoms with Crippen LogP contribution in [-0.4, -0.2) is 38.4 Å². The zero-order chi connectivity index (χ0) is 16.9. The second kappa shape index (κ2) is 7.72. The average molecular weight is 337 g/mol. The standard InChI is InChI=1S/C16H23N3O3S/c1-2-6-15(13-7-4-3-5-8-13)16(20)19-11-9-14(10-12-19)18-23(17,21)22/h2-5,7-8,14-15,18H,1,6,9-12H2,(H2,17,21,22). The van der Waals surface area contributed by atoms with E-state index in [-0.39, 0.29) is 17.9 Å². The number of carbonyl (C=O) groups is 1. The van der Waals surface area contributed by atoms with Crippen LogP contribution in [0.25, 0.3) is 0 Å². The largest absolute Gasteiger partial charge is 0.342 e. The smallest absolute Gasteiger partial charge is 0.274 e. The van der Waals surface area contributed by atoms with Gasteiger partial charge in [-0.1, -0.05) is 36.4 Å². The van der Waals surface area contributed by atoms with Gasteiger partial charge in [0, 0.05) is 19.1 Å². The van der Waals surface area contributed by atoms with Gasteiger partial charge in [-0.05, 0) is 24.8 Å². The molecule has 1 atom stereocenters. The number of carbonyl (C=O) groups excluding carboxylic acids is 1. The second-order valence-corrected chi connectivity index (χ2v) is 7.08. The average Bonchev–Trinajstić information content (AvgIpc) is 2.52. The van der Waals surface area contributed by atoms with Crippen LogP contribution < -0.4 is 9.86 Å². The number of rotatable bonds is 6. The molecule has 7 heteroatoms. The van der Waals surface area contributed by atoms with Crippen LogP contribution in [0.1, 0.15) is 30.7 Å². The molecule has 0 bridgehead atoms. The van der Waals surface area contributed by atoms with Gasteiger partial charge < -0.3 is 4.90 Å². The molecule has 2 rings (SSSR count). The van der Waals surface area contributed by atoms with Gasteiger partial charge in [-0.2, -0.15) is 13.1 Å². The molecule has 0 spiro atoms. The minimum absolute atomic E-state index is 0.0603. The highest BCUT2D eigenvalue weighted by Gasteiger charge is 2.29. The molecular formula is C16H23N3O3S. The Morgan fingerprint density at radius 2 is 1.96 bits per heavy atom. The summed E-state index contributed by atoms with van der Waals surface area (Å²) in [7, 11) is -3.70. The molecule has 0 radical (unpaired) electrons. The lowest BCUT2D eigenvalue weighted by molar-refractivity contribution is -0.133. The summed E-state index contributed by atoms with van der Waals surface area (Å²) in [6, 6.07) is 9.44. The van der Waals surface area contributed by atoms with Crippen molar-refractivity contribution in [2.75, 3.05) is 13.1 Å². The van der Waals surface area contributed by atoms with Gasteiger partial charge in [0.25, 0.3) is 10.2 Å². The first-order chi connectivity index (χ1) is 10.9. The first kappa shape index (κ1) is 17.7. The first-order valence-electron chi connectivity index (χ1n) is 7.65. The van der Waals surface area contributed by atoms with Crippen LogP contribution in [-0.2, 0) is 15.0 Å². The predicted octanol–water partition coefficient (Wildman–Crippen LogP) is 1.13. The van der Waals surface area contributed by atoms with Crippen molar-refractivity contribution in [3.05, 3.63) is 48.6 Å². The van der Waals surface area contributed by atoms with Crippen LogP contribution in [0, 0.1) is 0 Å². The van der Waals surface area contributed by atoms with E-state index in [1.54, 1.807) is 11.0 Å². The van der Waals surface area contributed by atoms with Gasteiger partial charge >= 0.3 is 0 Å². The van der Waals surface area contributed by atoms with E-state index in [2.05, 4.69) is 11.3 Å². The molecule has 0 aliphatic carbocycles. The third-order valence-electron chi connectivity index (χ3n) is 4.04. The summed E-state index contributed by atoms with van der Waals surface area (Å²) in [6.07, 6.45) is 3.47. The van der Waals surface area contributed by atoms with Gasteiger partial charge in [0.05, 0.1) is 5.92 Å². The fourth-order valence-electron chi connectivity index (χ4n) is 2.90. The topological polar surface area (TPSA) is 92.5 Å². The molecule has 1 aliphatic heterocycles. The van der Waals surface area contributed by atoms with E-state index in [0.717, 1.165) is 5.56 Å². The summed E-state index contributed by atoms with van der Waals surface area (Å²) in [5.74, 6) is -0.179. The Balaban J connectivity index is 2.01. The summed E-state index contributed by atoms with van der Waals surface area (Å²) >= 11 is 0. The summed E-state index contributed by atoms with van der Waals surface area (Å²) in [6.45, 7) is 4.79. The number of nitrogens with one attached hydrogen (secondary N) is 1. The maximum atomic E-state index is 12.8. The van der Waals surface area contributed by atoms with Gasteiger partial charge in [0.2, 0.25) is 5.91 Å². The molecule has 6 nitrogen and oxygen atoms in total. The molecule has 1 heterocycles. The maximum Gasteiger partial charge on any atom is 0.274 e. The molecule has 1 unspecified atom stereocenters. The van der Waals surface area contributed by atoms with E-state index < -0.39 is 10.2 Å². The molecule has 1 aliphatic rings.